The lowest BCUT2D eigenvalue weighted by atomic mass is 9.99. The summed E-state index contributed by atoms with van der Waals surface area (Å²) in [7, 11) is 0. The molecule has 8 N–H and O–H groups in total. The van der Waals surface area contributed by atoms with E-state index in [4.69, 9.17) is 15.9 Å². The van der Waals surface area contributed by atoms with Crippen LogP contribution in [0.1, 0.15) is 52.6 Å². The highest BCUT2D eigenvalue weighted by molar-refractivity contribution is 7.11. The lowest BCUT2D eigenvalue weighted by Crippen LogP contribution is -2.59. The van der Waals surface area contributed by atoms with E-state index in [1.165, 1.54) is 29.9 Å². The summed E-state index contributed by atoms with van der Waals surface area (Å²) in [6, 6.07) is 9.46. The number of rotatable bonds is 16. The molecule has 3 aromatic rings. The van der Waals surface area contributed by atoms with Crippen molar-refractivity contribution in [3.8, 4) is 0 Å². The number of amides is 3. The molecule has 0 aliphatic rings. The molecule has 2 aromatic heterocycles. The van der Waals surface area contributed by atoms with E-state index >= 15 is 0 Å². The Morgan fingerprint density at radius 3 is 2.38 bits per heavy atom. The summed E-state index contributed by atoms with van der Waals surface area (Å²) < 4.78 is 5.11. The molecule has 0 spiro atoms. The van der Waals surface area contributed by atoms with E-state index < -0.39 is 35.8 Å². The number of thiazole rings is 1. The van der Waals surface area contributed by atoms with Crippen LogP contribution >= 0.6 is 11.3 Å². The number of carbonyl (C=O) groups is 4. The standard InChI is InChI=1S/C28H36N8O5S/c1-17(2)22(26(40)33-19(10-6-12-32-28(29)30)23(37)27-31-13-15-42-27)34-24(38)20(16-18-8-4-3-5-9-18)35-36-25(39)21-11-7-14-41-21/h3-5,7-9,11,13-15,17,19-20,22,35H,6,10,12,16H2,1-2H3,(H,33,40)(H,34,38)(H,36,39)(H4,29,30,32)/t19-,20-,22-/m0/s1. The van der Waals surface area contributed by atoms with Crippen LogP contribution < -0.4 is 33.0 Å². The van der Waals surface area contributed by atoms with Crippen molar-refractivity contribution in [3.05, 3.63) is 76.6 Å². The molecule has 0 aliphatic heterocycles. The second-order valence-corrected chi connectivity index (χ2v) is 10.7. The van der Waals surface area contributed by atoms with Gasteiger partial charge in [0.1, 0.15) is 12.1 Å². The molecule has 0 radical (unpaired) electrons. The van der Waals surface area contributed by atoms with Gasteiger partial charge in [0.15, 0.2) is 16.7 Å². The van der Waals surface area contributed by atoms with Gasteiger partial charge in [-0.3, -0.25) is 29.6 Å². The largest absolute Gasteiger partial charge is 0.459 e. The number of guanidine groups is 1. The quantitative estimate of drug-likeness (QED) is 0.0460. The first-order chi connectivity index (χ1) is 20.2. The summed E-state index contributed by atoms with van der Waals surface area (Å²) in [5.41, 5.74) is 16.9. The van der Waals surface area contributed by atoms with Crippen LogP contribution in [0.4, 0.5) is 0 Å². The molecular formula is C28H36N8O5S. The summed E-state index contributed by atoms with van der Waals surface area (Å²) in [6.45, 7) is 3.83. The molecule has 3 amide bonds. The highest BCUT2D eigenvalue weighted by Crippen LogP contribution is 2.13. The molecule has 0 aliphatic carbocycles. The van der Waals surface area contributed by atoms with Crippen LogP contribution in [0, 0.1) is 5.92 Å². The molecule has 3 rings (SSSR count). The molecule has 13 nitrogen and oxygen atoms in total. The first-order valence-electron chi connectivity index (χ1n) is 13.4. The number of furan rings is 1. The van der Waals surface area contributed by atoms with Crippen LogP contribution in [-0.2, 0) is 16.0 Å². The predicted molar refractivity (Wildman–Crippen MR) is 158 cm³/mol. The van der Waals surface area contributed by atoms with Crippen LogP contribution in [0.5, 0.6) is 0 Å². The van der Waals surface area contributed by atoms with Gasteiger partial charge in [-0.2, -0.15) is 0 Å². The Bertz CT molecular complexity index is 1330. The van der Waals surface area contributed by atoms with E-state index in [1.54, 1.807) is 25.3 Å². The van der Waals surface area contributed by atoms with E-state index in [9.17, 15) is 19.2 Å². The van der Waals surface area contributed by atoms with Crippen LogP contribution in [0.15, 0.2) is 69.7 Å². The molecule has 3 atom stereocenters. The number of aromatic nitrogens is 1. The number of nitrogens with one attached hydrogen (secondary N) is 4. The van der Waals surface area contributed by atoms with Gasteiger partial charge in [0, 0.05) is 18.1 Å². The number of hydrogen-bond acceptors (Lipinski definition) is 9. The highest BCUT2D eigenvalue weighted by atomic mass is 32.1. The summed E-state index contributed by atoms with van der Waals surface area (Å²) in [4.78, 5) is 60.6. The minimum absolute atomic E-state index is 0.0663. The molecule has 0 bridgehead atoms. The zero-order valence-electron chi connectivity index (χ0n) is 23.4. The van der Waals surface area contributed by atoms with E-state index in [2.05, 4.69) is 31.5 Å². The Labute approximate surface area is 247 Å². The lowest BCUT2D eigenvalue weighted by Gasteiger charge is -2.27. The number of benzene rings is 1. The van der Waals surface area contributed by atoms with Crippen molar-refractivity contribution in [2.45, 2.75) is 51.2 Å². The Morgan fingerprint density at radius 2 is 1.76 bits per heavy atom. The lowest BCUT2D eigenvalue weighted by molar-refractivity contribution is -0.131. The maximum atomic E-state index is 13.5. The van der Waals surface area contributed by atoms with Gasteiger partial charge in [0.05, 0.1) is 12.3 Å². The number of aliphatic imine (C=N–C) groups is 1. The number of nitrogens with zero attached hydrogens (tertiary/aromatic N) is 2. The van der Waals surface area contributed by atoms with Crippen LogP contribution in [0.2, 0.25) is 0 Å². The second-order valence-electron chi connectivity index (χ2n) is 9.76. The van der Waals surface area contributed by atoms with Gasteiger partial charge in [-0.1, -0.05) is 44.2 Å². The van der Waals surface area contributed by atoms with E-state index in [0.29, 0.717) is 6.42 Å². The van der Waals surface area contributed by atoms with Crippen molar-refractivity contribution in [1.82, 2.24) is 26.5 Å². The molecule has 0 saturated carbocycles. The van der Waals surface area contributed by atoms with Gasteiger partial charge in [-0.15, -0.1) is 11.3 Å². The zero-order valence-corrected chi connectivity index (χ0v) is 24.2. The number of carbonyl (C=O) groups excluding carboxylic acids is 4. The number of ketones is 1. The minimum Gasteiger partial charge on any atom is -0.459 e. The van der Waals surface area contributed by atoms with Crippen LogP contribution in [0.3, 0.4) is 0 Å². The third kappa shape index (κ3) is 9.82. The Morgan fingerprint density at radius 1 is 1.00 bits per heavy atom. The van der Waals surface area contributed by atoms with Crippen molar-refractivity contribution in [2.24, 2.45) is 22.4 Å². The Balaban J connectivity index is 1.73. The molecule has 0 saturated heterocycles. The fraction of sp³-hybridized carbons (Fsp3) is 0.357. The third-order valence-corrected chi connectivity index (χ3v) is 6.96. The van der Waals surface area contributed by atoms with E-state index in [0.717, 1.165) is 5.56 Å². The molecule has 42 heavy (non-hydrogen) atoms. The number of hydrazine groups is 1. The van der Waals surface area contributed by atoms with Crippen molar-refractivity contribution in [3.63, 3.8) is 0 Å². The van der Waals surface area contributed by atoms with Gasteiger partial charge >= 0.3 is 5.91 Å². The maximum absolute atomic E-state index is 13.5. The number of hydrogen-bond donors (Lipinski definition) is 6. The Hall–Kier alpha value is -4.56. The van der Waals surface area contributed by atoms with Crippen LogP contribution in [0.25, 0.3) is 0 Å². The molecule has 0 unspecified atom stereocenters. The summed E-state index contributed by atoms with van der Waals surface area (Å²) in [6.07, 6.45) is 3.78. The normalized spacial score (nSPS) is 13.0. The van der Waals surface area contributed by atoms with Gasteiger partial charge in [-0.25, -0.2) is 10.4 Å². The van der Waals surface area contributed by atoms with Crippen molar-refractivity contribution >= 4 is 40.8 Å². The summed E-state index contributed by atoms with van der Waals surface area (Å²) in [5, 5.41) is 7.51. The smallest absolute Gasteiger partial charge is 0.301 e. The average Bonchev–Trinajstić information content (AvgIpc) is 3.70. The van der Waals surface area contributed by atoms with Gasteiger partial charge < -0.3 is 26.5 Å². The molecular weight excluding hydrogens is 560 g/mol. The van der Waals surface area contributed by atoms with Gasteiger partial charge in [0.2, 0.25) is 17.6 Å². The van der Waals surface area contributed by atoms with Gasteiger partial charge in [0.25, 0.3) is 0 Å². The molecule has 1 aromatic carbocycles. The molecule has 14 heteroatoms. The molecule has 224 valence electrons. The molecule has 2 heterocycles. The summed E-state index contributed by atoms with van der Waals surface area (Å²) in [5.74, 6) is -2.30. The SMILES string of the molecule is CC(C)[C@H](NC(=O)[C@H](Cc1ccccc1)NNC(=O)c1ccco1)C(=O)N[C@@H](CCCN=C(N)N)C(=O)c1nccs1. The van der Waals surface area contributed by atoms with E-state index in [-0.39, 0.29) is 47.8 Å². The fourth-order valence-corrected chi connectivity index (χ4v) is 4.63. The van der Waals surface area contributed by atoms with Crippen molar-refractivity contribution in [2.75, 3.05) is 6.54 Å². The average molecular weight is 597 g/mol. The van der Waals surface area contributed by atoms with Crippen LogP contribution in [-0.4, -0.2) is 59.1 Å². The fourth-order valence-electron chi connectivity index (χ4n) is 4.00. The maximum Gasteiger partial charge on any atom is 0.301 e. The minimum atomic E-state index is -0.984. The highest BCUT2D eigenvalue weighted by Gasteiger charge is 2.32. The second kappa shape index (κ2) is 16.0. The molecule has 0 fully saturated rings. The number of nitrogens with two attached hydrogens (primary N) is 2. The Kier molecular flexibility index (Phi) is 12.2. The van der Waals surface area contributed by atoms with Crippen molar-refractivity contribution in [1.29, 1.82) is 0 Å². The van der Waals surface area contributed by atoms with Crippen molar-refractivity contribution < 1.29 is 23.6 Å². The monoisotopic (exact) mass is 596 g/mol. The zero-order chi connectivity index (χ0) is 30.5. The summed E-state index contributed by atoms with van der Waals surface area (Å²) >= 11 is 1.17. The topological polar surface area (TPSA) is 207 Å². The van der Waals surface area contributed by atoms with Gasteiger partial charge in [-0.05, 0) is 42.9 Å². The number of Topliss-reactive ketones (excluding diaryl/α,β-unsaturated/α-hetero) is 1. The third-order valence-electron chi connectivity index (χ3n) is 6.17. The first-order valence-corrected chi connectivity index (χ1v) is 14.3. The van der Waals surface area contributed by atoms with E-state index in [1.807, 2.05) is 30.3 Å². The predicted octanol–water partition coefficient (Wildman–Crippen LogP) is 1.14. The first kappa shape index (κ1) is 32.0.